The second kappa shape index (κ2) is 24.0. The van der Waals surface area contributed by atoms with Crippen LogP contribution in [0.15, 0.2) is 11.6 Å². The number of esters is 1. The van der Waals surface area contributed by atoms with Gasteiger partial charge in [0.25, 0.3) is 0 Å². The van der Waals surface area contributed by atoms with Crippen LogP contribution in [0.1, 0.15) is 92.9 Å². The number of hydrogen-bond acceptors (Lipinski definition) is 28. The van der Waals surface area contributed by atoms with Gasteiger partial charge in [0.05, 0.1) is 70.7 Å². The average molecular weight is 1230 g/mol. The van der Waals surface area contributed by atoms with E-state index in [0.717, 1.165) is 5.57 Å². The first-order valence-electron chi connectivity index (χ1n) is 29.9. The molecule has 0 aromatic heterocycles. The fourth-order valence-corrected chi connectivity index (χ4v) is 17.5. The van der Waals surface area contributed by atoms with Gasteiger partial charge in [0.15, 0.2) is 31.3 Å². The van der Waals surface area contributed by atoms with Crippen molar-refractivity contribution >= 4 is 5.97 Å². The van der Waals surface area contributed by atoms with Crippen LogP contribution in [0.25, 0.3) is 0 Å². The maximum atomic E-state index is 15.4. The zero-order valence-corrected chi connectivity index (χ0v) is 48.8. The molecule has 31 atom stereocenters. The average Bonchev–Trinajstić information content (AvgIpc) is 1.16. The fraction of sp³-hybridized carbons (Fsp3) is 0.947. The summed E-state index contributed by atoms with van der Waals surface area (Å²) in [5.74, 6) is -2.25. The molecule has 0 radical (unpaired) electrons. The maximum absolute atomic E-state index is 15.4. The minimum atomic E-state index is -2.08. The Morgan fingerprint density at radius 2 is 1.22 bits per heavy atom. The first-order chi connectivity index (χ1) is 39.9. The fourth-order valence-electron chi connectivity index (χ4n) is 17.5. The Balaban J connectivity index is 0.864. The summed E-state index contributed by atoms with van der Waals surface area (Å²) in [6.45, 7) is 7.19. The van der Waals surface area contributed by atoms with Crippen molar-refractivity contribution in [2.45, 2.75) is 240 Å². The molecule has 0 aromatic rings. The van der Waals surface area contributed by atoms with Gasteiger partial charge in [-0.2, -0.15) is 0 Å². The number of aliphatic hydroxyl groups is 17. The molecule has 10 aliphatic rings. The van der Waals surface area contributed by atoms with E-state index >= 15 is 4.79 Å². The molecule has 85 heavy (non-hydrogen) atoms. The zero-order chi connectivity index (χ0) is 62.1. The van der Waals surface area contributed by atoms with Crippen LogP contribution in [-0.2, 0) is 52.2 Å². The van der Waals surface area contributed by atoms with Crippen LogP contribution in [0.2, 0.25) is 0 Å². The molecule has 5 aliphatic carbocycles. The number of carbonyl (C=O) groups is 1. The summed E-state index contributed by atoms with van der Waals surface area (Å²) in [6.07, 6.45) is -32.2. The van der Waals surface area contributed by atoms with E-state index in [-0.39, 0.29) is 30.6 Å². The van der Waals surface area contributed by atoms with Gasteiger partial charge < -0.3 is 134 Å². The number of hydrogen-bond donors (Lipinski definition) is 17. The van der Waals surface area contributed by atoms with Crippen molar-refractivity contribution in [3.05, 3.63) is 11.6 Å². The van der Waals surface area contributed by atoms with E-state index < -0.39 is 238 Å². The lowest BCUT2D eigenvalue weighted by atomic mass is 9.33. The van der Waals surface area contributed by atoms with Crippen LogP contribution < -0.4 is 0 Å². The lowest BCUT2D eigenvalue weighted by Gasteiger charge is -2.72. The highest BCUT2D eigenvalue weighted by atomic mass is 16.8. The molecule has 3 unspecified atom stereocenters. The normalized spacial score (nSPS) is 53.8. The van der Waals surface area contributed by atoms with Crippen molar-refractivity contribution in [3.63, 3.8) is 0 Å². The first kappa shape index (κ1) is 66.1. The summed E-state index contributed by atoms with van der Waals surface area (Å²) in [5.41, 5.74) is -6.86. The molecule has 28 nitrogen and oxygen atoms in total. The van der Waals surface area contributed by atoms with Gasteiger partial charge in [0.1, 0.15) is 90.4 Å². The SMILES string of the molecule is C[C@@H]1O[C@@H](O[C@H]2[C@H](OC(=O)[C@]34CCC(C)(C)C[C@H]3C3=CCC5[C@@]6(C)C[C@H](O)[C@H](OC7O[C@H](CO)[C@@H](O)[C@H](O)[C@H]7O)C(CO)(CO)C6CC[C@@]5(C)[C@]3(C)C[C@H]4O)O[C@@H](CO)[C@@H]2O)[C@H](O)[C@H](O)[C@H]1O[C@@H]1OC[C@@H](O)[C@H](O[C@@H]2OC[C@](O)(CO)[C@H]2O)[C@H]1O. The van der Waals surface area contributed by atoms with E-state index in [1.54, 1.807) is 0 Å². The predicted octanol–water partition coefficient (Wildman–Crippen LogP) is -5.38. The number of rotatable bonds is 15. The Hall–Kier alpha value is -1.83. The smallest absolute Gasteiger partial charge is 0.317 e. The minimum Gasteiger partial charge on any atom is -0.432 e. The second-order valence-corrected chi connectivity index (χ2v) is 27.8. The van der Waals surface area contributed by atoms with E-state index in [2.05, 4.69) is 33.8 Å². The molecule has 10 rings (SSSR count). The molecule has 0 spiro atoms. The van der Waals surface area contributed by atoms with E-state index in [0.29, 0.717) is 32.1 Å². The molecule has 5 saturated heterocycles. The molecule has 4 saturated carbocycles. The number of aliphatic hydroxyl groups excluding tert-OH is 16. The van der Waals surface area contributed by atoms with Crippen molar-refractivity contribution in [2.24, 2.45) is 50.2 Å². The van der Waals surface area contributed by atoms with Crippen LogP contribution in [0.5, 0.6) is 0 Å². The van der Waals surface area contributed by atoms with E-state index in [4.69, 9.17) is 47.4 Å². The zero-order valence-electron chi connectivity index (χ0n) is 48.8. The molecule has 5 heterocycles. The molecular weight excluding hydrogens is 1130 g/mol. The van der Waals surface area contributed by atoms with Crippen molar-refractivity contribution in [2.75, 3.05) is 46.2 Å². The highest BCUT2D eigenvalue weighted by molar-refractivity contribution is 5.80. The number of carbonyl (C=O) groups excluding carboxylic acids is 1. The molecule has 17 N–H and O–H groups in total. The predicted molar refractivity (Wildman–Crippen MR) is 282 cm³/mol. The topological polar surface area (TPSA) is 453 Å². The number of allylic oxidation sites excluding steroid dienone is 2. The van der Waals surface area contributed by atoms with Crippen LogP contribution >= 0.6 is 0 Å². The Kier molecular flexibility index (Phi) is 18.7. The molecule has 488 valence electrons. The summed E-state index contributed by atoms with van der Waals surface area (Å²) in [7, 11) is 0. The lowest BCUT2D eigenvalue weighted by molar-refractivity contribution is -0.360. The standard InChI is InChI=1S/C57H92O28/c1-23-40(81-45-39(72)41(27(64)18-76-45)82-49-43(73)56(75,21-62)22-77-49)36(69)38(71)46(78-23)83-42-34(67)29(17-59)80-48(42)85-50(74)57-12-11-51(2,3)13-25(57)24-7-8-30-52(4)14-26(63)44(84-47-37(70)35(68)33(66)28(16-58)79-47)55(19-60,20-61)31(52)9-10-53(30,5)54(24,6)15-32(57)65/h7,23,25-49,58-73,75H,8-22H2,1-6H3/t23-,25-,26-,27+,28+,29-,30?,31?,32+,33+,34-,35-,36-,37+,38+,39+,40-,41-,42+,43-,44-,45-,46-,47?,48-,49-,52+,53+,54+,56+,57+/m0/s1. The Bertz CT molecular complexity index is 2380. The molecule has 0 amide bonds. The molecule has 9 fully saturated rings. The number of ether oxygens (including phenoxy) is 10. The van der Waals surface area contributed by atoms with Gasteiger partial charge in [-0.1, -0.05) is 46.3 Å². The highest BCUT2D eigenvalue weighted by Gasteiger charge is 2.74. The third-order valence-electron chi connectivity index (χ3n) is 22.7. The monoisotopic (exact) mass is 1220 g/mol. The van der Waals surface area contributed by atoms with Gasteiger partial charge in [0.2, 0.25) is 6.29 Å². The largest absolute Gasteiger partial charge is 0.432 e. The summed E-state index contributed by atoms with van der Waals surface area (Å²) in [6, 6.07) is 0. The van der Waals surface area contributed by atoms with E-state index in [9.17, 15) is 86.8 Å². The van der Waals surface area contributed by atoms with Gasteiger partial charge in [-0.25, -0.2) is 0 Å². The van der Waals surface area contributed by atoms with Crippen molar-refractivity contribution in [1.82, 2.24) is 0 Å². The van der Waals surface area contributed by atoms with Gasteiger partial charge in [0, 0.05) is 5.41 Å². The first-order valence-corrected chi connectivity index (χ1v) is 29.9. The third kappa shape index (κ3) is 10.5. The van der Waals surface area contributed by atoms with E-state index in [1.165, 1.54) is 6.92 Å². The molecule has 5 aliphatic heterocycles. The Labute approximate surface area is 491 Å². The molecule has 0 aromatic carbocycles. The minimum absolute atomic E-state index is 0.0772. The van der Waals surface area contributed by atoms with E-state index in [1.807, 2.05) is 6.92 Å². The Morgan fingerprint density at radius 1 is 0.600 bits per heavy atom. The quantitative estimate of drug-likeness (QED) is 0.0413. The lowest BCUT2D eigenvalue weighted by Crippen LogP contribution is -2.71. The Morgan fingerprint density at radius 3 is 1.87 bits per heavy atom. The van der Waals surface area contributed by atoms with Crippen molar-refractivity contribution in [1.29, 1.82) is 0 Å². The summed E-state index contributed by atoms with van der Waals surface area (Å²) < 4.78 is 58.6. The second-order valence-electron chi connectivity index (χ2n) is 27.8. The van der Waals surface area contributed by atoms with Gasteiger partial charge >= 0.3 is 5.97 Å². The highest BCUT2D eigenvalue weighted by Crippen LogP contribution is 2.76. The molecular formula is C57H92O28. The van der Waals surface area contributed by atoms with Crippen LogP contribution in [0.4, 0.5) is 0 Å². The van der Waals surface area contributed by atoms with Gasteiger partial charge in [-0.15, -0.1) is 0 Å². The van der Waals surface area contributed by atoms with Gasteiger partial charge in [-0.3, -0.25) is 4.79 Å². The van der Waals surface area contributed by atoms with Crippen molar-refractivity contribution < 1.29 is 139 Å². The van der Waals surface area contributed by atoms with Crippen molar-refractivity contribution in [3.8, 4) is 0 Å². The molecule has 0 bridgehead atoms. The van der Waals surface area contributed by atoms with Crippen LogP contribution in [0.3, 0.4) is 0 Å². The summed E-state index contributed by atoms with van der Waals surface area (Å²) in [4.78, 5) is 15.4. The van der Waals surface area contributed by atoms with Crippen LogP contribution in [-0.4, -0.2) is 286 Å². The summed E-state index contributed by atoms with van der Waals surface area (Å²) in [5, 5.41) is 187. The molecule has 28 heteroatoms. The number of fused-ring (bicyclic) bond motifs is 7. The van der Waals surface area contributed by atoms with Crippen LogP contribution in [0, 0.1) is 50.2 Å². The third-order valence-corrected chi connectivity index (χ3v) is 22.7. The maximum Gasteiger partial charge on any atom is 0.317 e. The van der Waals surface area contributed by atoms with Gasteiger partial charge in [-0.05, 0) is 97.7 Å². The summed E-state index contributed by atoms with van der Waals surface area (Å²) >= 11 is 0.